The molecule has 19 heavy (non-hydrogen) atoms. The molecule has 0 N–H and O–H groups in total. The molecule has 1 aliphatic heterocycles. The third-order valence-corrected chi connectivity index (χ3v) is 16.8. The molecule has 1 saturated heterocycles. The van der Waals surface area contributed by atoms with Gasteiger partial charge in [-0.3, -0.25) is 0 Å². The highest BCUT2D eigenvalue weighted by molar-refractivity contribution is 6.81. The van der Waals surface area contributed by atoms with Crippen LogP contribution in [0.5, 0.6) is 0 Å². The number of alkyl halides is 1. The molecule has 2 atom stereocenters. The highest BCUT2D eigenvalue weighted by atomic mass is 28.5. The second-order valence-corrected chi connectivity index (χ2v) is 15.0. The molecule has 1 rings (SSSR count). The molecule has 0 amide bonds. The van der Waals surface area contributed by atoms with Crippen molar-refractivity contribution >= 4 is 36.4 Å². The maximum absolute atomic E-state index is 11.9. The van der Waals surface area contributed by atoms with Crippen LogP contribution in [0.4, 0.5) is 4.39 Å². The van der Waals surface area contributed by atoms with E-state index in [4.69, 9.17) is 21.2 Å². The third-order valence-electron chi connectivity index (χ3n) is 2.74. The Morgan fingerprint density at radius 2 is 1.58 bits per heavy atom. The summed E-state index contributed by atoms with van der Waals surface area (Å²) in [6.45, 7) is 8.44. The largest absolute Gasteiger partial charge is 0.420 e. The molecule has 0 aromatic heterocycles. The fourth-order valence-electron chi connectivity index (χ4n) is 2.13. The normalized spacial score (nSPS) is 36.8. The van der Waals surface area contributed by atoms with Gasteiger partial charge >= 0.3 is 8.56 Å². The van der Waals surface area contributed by atoms with Crippen LogP contribution in [0, 0.1) is 0 Å². The van der Waals surface area contributed by atoms with Gasteiger partial charge in [-0.2, -0.15) is 0 Å². The molecule has 0 spiro atoms. The number of halogens is 1. The Balaban J connectivity index is 2.42. The monoisotopic (exact) mass is 344 g/mol. The average Bonchev–Trinajstić information content (AvgIpc) is 2.25. The van der Waals surface area contributed by atoms with Crippen molar-refractivity contribution in [3.05, 3.63) is 0 Å². The predicted molar refractivity (Wildman–Crippen MR) is 81.2 cm³/mol. The Morgan fingerprint density at radius 1 is 1.00 bits per heavy atom. The quantitative estimate of drug-likeness (QED) is 0.533. The van der Waals surface area contributed by atoms with Gasteiger partial charge in [-0.15, -0.1) is 0 Å². The van der Waals surface area contributed by atoms with Crippen molar-refractivity contribution < 1.29 is 25.6 Å². The molecular formula is C9H25FO5Si4. The van der Waals surface area contributed by atoms with Gasteiger partial charge in [0.15, 0.2) is 0 Å². The van der Waals surface area contributed by atoms with Gasteiger partial charge in [0.1, 0.15) is 6.67 Å². The second-order valence-electron chi connectivity index (χ2n) is 4.75. The fraction of sp³-hybridized carbons (Fsp3) is 1.00. The first kappa shape index (κ1) is 17.6. The van der Waals surface area contributed by atoms with E-state index in [1.807, 2.05) is 19.6 Å². The Kier molecular flexibility index (Phi) is 8.16. The van der Waals surface area contributed by atoms with E-state index in [0.717, 1.165) is 12.5 Å². The minimum atomic E-state index is -2.21. The van der Waals surface area contributed by atoms with E-state index >= 15 is 0 Å². The molecule has 10 heteroatoms. The Bertz CT molecular complexity index is 249. The van der Waals surface area contributed by atoms with Crippen molar-refractivity contribution in [3.63, 3.8) is 0 Å². The molecule has 0 bridgehead atoms. The van der Waals surface area contributed by atoms with Crippen molar-refractivity contribution in [2.45, 2.75) is 38.7 Å². The molecule has 0 radical (unpaired) electrons. The summed E-state index contributed by atoms with van der Waals surface area (Å²) in [5, 5.41) is 0. The molecule has 0 saturated carbocycles. The lowest BCUT2D eigenvalue weighted by Crippen LogP contribution is -2.53. The fourth-order valence-corrected chi connectivity index (χ4v) is 16.8. The predicted octanol–water partition coefficient (Wildman–Crippen LogP) is 1.07. The summed E-state index contributed by atoms with van der Waals surface area (Å²) < 4.78 is 41.0. The number of ether oxygens (including phenoxy) is 1. The minimum absolute atomic E-state index is 0.172. The molecular weight excluding hydrogens is 319 g/mol. The van der Waals surface area contributed by atoms with Gasteiger partial charge in [0.05, 0.1) is 6.61 Å². The van der Waals surface area contributed by atoms with Crippen molar-refractivity contribution in [1.82, 2.24) is 0 Å². The zero-order valence-electron chi connectivity index (χ0n) is 12.2. The Morgan fingerprint density at radius 3 is 2.11 bits per heavy atom. The second kappa shape index (κ2) is 8.79. The Hall–Kier alpha value is 0.598. The average molecular weight is 345 g/mol. The molecule has 0 aromatic rings. The van der Waals surface area contributed by atoms with Gasteiger partial charge in [-0.05, 0) is 38.7 Å². The van der Waals surface area contributed by atoms with Crippen LogP contribution < -0.4 is 0 Å². The topological polar surface area (TPSA) is 46.2 Å². The lowest BCUT2D eigenvalue weighted by molar-refractivity contribution is 0.118. The number of hydrogen-bond donors (Lipinski definition) is 0. The van der Waals surface area contributed by atoms with E-state index in [2.05, 4.69) is 6.55 Å². The van der Waals surface area contributed by atoms with E-state index in [-0.39, 0.29) is 6.61 Å². The summed E-state index contributed by atoms with van der Waals surface area (Å²) in [5.41, 5.74) is 0. The lowest BCUT2D eigenvalue weighted by atomic mass is 10.5. The van der Waals surface area contributed by atoms with Crippen molar-refractivity contribution in [3.8, 4) is 0 Å². The molecule has 1 heterocycles. The summed E-state index contributed by atoms with van der Waals surface area (Å²) >= 11 is 0. The van der Waals surface area contributed by atoms with Crippen LogP contribution >= 0.6 is 0 Å². The molecule has 5 nitrogen and oxygen atoms in total. The minimum Gasteiger partial charge on any atom is -0.420 e. The van der Waals surface area contributed by atoms with E-state index in [0.29, 0.717) is 6.61 Å². The van der Waals surface area contributed by atoms with Crippen LogP contribution in [0.2, 0.25) is 32.2 Å². The van der Waals surface area contributed by atoms with Crippen LogP contribution in [-0.4, -0.2) is 56.3 Å². The van der Waals surface area contributed by atoms with Crippen LogP contribution in [0.3, 0.4) is 0 Å². The number of rotatable bonds is 6. The Labute approximate surface area is 121 Å². The van der Waals surface area contributed by atoms with Crippen LogP contribution in [-0.2, 0) is 21.2 Å². The summed E-state index contributed by atoms with van der Waals surface area (Å²) in [6, 6.07) is 0.844. The van der Waals surface area contributed by atoms with E-state index in [1.54, 1.807) is 0 Å². The van der Waals surface area contributed by atoms with Crippen molar-refractivity contribution in [1.29, 1.82) is 0 Å². The zero-order chi connectivity index (χ0) is 14.3. The molecule has 0 aliphatic carbocycles. The first-order chi connectivity index (χ1) is 8.95. The van der Waals surface area contributed by atoms with E-state index in [1.165, 1.54) is 0 Å². The summed E-state index contributed by atoms with van der Waals surface area (Å²) in [4.78, 5) is 0. The van der Waals surface area contributed by atoms with Crippen molar-refractivity contribution in [2.24, 2.45) is 0 Å². The molecule has 1 aliphatic rings. The lowest BCUT2D eigenvalue weighted by Gasteiger charge is -2.37. The van der Waals surface area contributed by atoms with Gasteiger partial charge in [0.25, 0.3) is 27.9 Å². The summed E-state index contributed by atoms with van der Waals surface area (Å²) in [7, 11) is -7.07. The smallest absolute Gasteiger partial charge is 0.317 e. The SMILES string of the molecule is C[SiH]1O[SiH](C)O[Si](C)(CCCOCCF)O[SiH](C)O1. The van der Waals surface area contributed by atoms with Gasteiger partial charge in [-0.25, -0.2) is 4.39 Å². The van der Waals surface area contributed by atoms with E-state index < -0.39 is 43.1 Å². The molecule has 1 fully saturated rings. The van der Waals surface area contributed by atoms with Gasteiger partial charge in [0, 0.05) is 6.61 Å². The van der Waals surface area contributed by atoms with Crippen LogP contribution in [0.15, 0.2) is 0 Å². The molecule has 2 unspecified atom stereocenters. The highest BCUT2D eigenvalue weighted by Crippen LogP contribution is 2.21. The maximum atomic E-state index is 11.9. The summed E-state index contributed by atoms with van der Waals surface area (Å²) in [6.07, 6.45) is 0.831. The van der Waals surface area contributed by atoms with Gasteiger partial charge < -0.3 is 21.2 Å². The first-order valence-electron chi connectivity index (χ1n) is 6.75. The van der Waals surface area contributed by atoms with Crippen LogP contribution in [0.25, 0.3) is 0 Å². The molecule has 0 aromatic carbocycles. The summed E-state index contributed by atoms with van der Waals surface area (Å²) in [5.74, 6) is 0. The van der Waals surface area contributed by atoms with Gasteiger partial charge in [-0.1, -0.05) is 0 Å². The number of hydrogen-bond acceptors (Lipinski definition) is 5. The first-order valence-corrected chi connectivity index (χ1v) is 15.6. The maximum Gasteiger partial charge on any atom is 0.317 e. The third kappa shape index (κ3) is 7.24. The van der Waals surface area contributed by atoms with E-state index in [9.17, 15) is 4.39 Å². The van der Waals surface area contributed by atoms with Crippen LogP contribution in [0.1, 0.15) is 6.42 Å². The standard InChI is InChI=1S/C9H25FO5Si4/c1-16-12-17(2)14-19(4,15-18(3)13-16)9-5-7-11-8-6-10/h16-18H,5-9H2,1-4H3. The molecule has 114 valence electrons. The van der Waals surface area contributed by atoms with Gasteiger partial charge in [0.2, 0.25) is 0 Å². The highest BCUT2D eigenvalue weighted by Gasteiger charge is 2.38. The van der Waals surface area contributed by atoms with Crippen molar-refractivity contribution in [2.75, 3.05) is 19.9 Å². The zero-order valence-corrected chi connectivity index (χ0v) is 16.7.